The van der Waals surface area contributed by atoms with Crippen LogP contribution in [-0.4, -0.2) is 37.1 Å². The summed E-state index contributed by atoms with van der Waals surface area (Å²) in [5.41, 5.74) is 1.75. The molecular weight excluding hydrogens is 490 g/mol. The maximum absolute atomic E-state index is 13.4. The number of nitrogens with zero attached hydrogens (tertiary/aromatic N) is 2. The van der Waals surface area contributed by atoms with Gasteiger partial charge in [0.1, 0.15) is 6.04 Å². The molecule has 1 aliphatic rings. The largest absolute Gasteiger partial charge is 0.325 e. The van der Waals surface area contributed by atoms with Crippen LogP contribution in [0.1, 0.15) is 17.5 Å². The lowest BCUT2D eigenvalue weighted by atomic mass is 10.1. The van der Waals surface area contributed by atoms with Gasteiger partial charge in [0.05, 0.1) is 23.4 Å². The first-order chi connectivity index (χ1) is 16.6. The van der Waals surface area contributed by atoms with E-state index < -0.39 is 27.9 Å². The van der Waals surface area contributed by atoms with Gasteiger partial charge >= 0.3 is 0 Å². The van der Waals surface area contributed by atoms with Gasteiger partial charge in [-0.15, -0.1) is 0 Å². The lowest BCUT2D eigenvalue weighted by Gasteiger charge is -2.28. The van der Waals surface area contributed by atoms with Gasteiger partial charge in [0.15, 0.2) is 0 Å². The number of hydrogen-bond donors (Lipinski definition) is 1. The minimum atomic E-state index is -3.92. The fourth-order valence-corrected chi connectivity index (χ4v) is 4.59. The highest BCUT2D eigenvalue weighted by molar-refractivity contribution is 7.89. The summed E-state index contributed by atoms with van der Waals surface area (Å²) in [5, 5.41) is 5.67. The lowest BCUT2D eigenvalue weighted by Crippen LogP contribution is -2.45. The molecule has 0 spiro atoms. The third kappa shape index (κ3) is 5.59. The zero-order valence-electron chi connectivity index (χ0n) is 18.5. The standard InChI is InChI=1S/C25H22ClN3O5S/c26-19-8-6-17(7-9-19)14-23(30)28(16-18-4-2-1-3-5-18)22-15-24(31)29(25(22)32)20-10-12-21(13-11-20)35(27,33)34/h1-13,22H,14-16H2,(H2,27,33,34). The van der Waals surface area contributed by atoms with E-state index in [0.717, 1.165) is 16.0 Å². The van der Waals surface area contributed by atoms with Gasteiger partial charge in [-0.1, -0.05) is 54.1 Å². The summed E-state index contributed by atoms with van der Waals surface area (Å²) in [5.74, 6) is -1.35. The van der Waals surface area contributed by atoms with Gasteiger partial charge in [-0.25, -0.2) is 18.5 Å². The number of benzene rings is 3. The lowest BCUT2D eigenvalue weighted by molar-refractivity contribution is -0.138. The monoisotopic (exact) mass is 511 g/mol. The maximum Gasteiger partial charge on any atom is 0.257 e. The fourth-order valence-electron chi connectivity index (χ4n) is 3.95. The third-order valence-electron chi connectivity index (χ3n) is 5.71. The van der Waals surface area contributed by atoms with Crippen molar-refractivity contribution >= 4 is 45.0 Å². The van der Waals surface area contributed by atoms with Crippen LogP contribution in [0.2, 0.25) is 5.02 Å². The van der Waals surface area contributed by atoms with Crippen molar-refractivity contribution in [1.82, 2.24) is 4.90 Å². The number of carbonyl (C=O) groups is 3. The highest BCUT2D eigenvalue weighted by Gasteiger charge is 2.44. The number of nitrogens with two attached hydrogens (primary N) is 1. The van der Waals surface area contributed by atoms with E-state index >= 15 is 0 Å². The van der Waals surface area contributed by atoms with Crippen molar-refractivity contribution in [3.05, 3.63) is 95.0 Å². The minimum Gasteiger partial charge on any atom is -0.325 e. The summed E-state index contributed by atoms with van der Waals surface area (Å²) >= 11 is 5.94. The molecule has 10 heteroatoms. The van der Waals surface area contributed by atoms with Crippen LogP contribution in [0.4, 0.5) is 5.69 Å². The molecule has 0 saturated carbocycles. The molecule has 3 aromatic carbocycles. The van der Waals surface area contributed by atoms with Crippen molar-refractivity contribution in [2.45, 2.75) is 30.3 Å². The second-order valence-corrected chi connectivity index (χ2v) is 10.1. The van der Waals surface area contributed by atoms with Crippen molar-refractivity contribution in [2.24, 2.45) is 5.14 Å². The summed E-state index contributed by atoms with van der Waals surface area (Å²) < 4.78 is 23.1. The number of anilines is 1. The van der Waals surface area contributed by atoms with E-state index in [9.17, 15) is 22.8 Å². The summed E-state index contributed by atoms with van der Waals surface area (Å²) in [6.07, 6.45) is -0.153. The topological polar surface area (TPSA) is 118 Å². The number of rotatable bonds is 7. The first kappa shape index (κ1) is 24.6. The van der Waals surface area contributed by atoms with Crippen molar-refractivity contribution in [3.8, 4) is 0 Å². The molecule has 2 N–H and O–H groups in total. The van der Waals surface area contributed by atoms with Crippen molar-refractivity contribution in [2.75, 3.05) is 4.90 Å². The Kier molecular flexibility index (Phi) is 7.02. The molecule has 1 fully saturated rings. The number of halogens is 1. The van der Waals surface area contributed by atoms with Crippen LogP contribution in [0.3, 0.4) is 0 Å². The normalized spacial score (nSPS) is 15.9. The van der Waals surface area contributed by atoms with Gasteiger partial charge in [-0.2, -0.15) is 0 Å². The number of carbonyl (C=O) groups excluding carboxylic acids is 3. The van der Waals surface area contributed by atoms with Crippen LogP contribution in [0.25, 0.3) is 0 Å². The van der Waals surface area contributed by atoms with Crippen LogP contribution in [0.15, 0.2) is 83.8 Å². The molecule has 3 amide bonds. The summed E-state index contributed by atoms with van der Waals surface area (Å²) in [6.45, 7) is 0.148. The highest BCUT2D eigenvalue weighted by Crippen LogP contribution is 2.28. The van der Waals surface area contributed by atoms with E-state index in [1.54, 1.807) is 24.3 Å². The Labute approximate surface area is 208 Å². The Hall–Kier alpha value is -3.53. The van der Waals surface area contributed by atoms with E-state index in [0.29, 0.717) is 5.02 Å². The summed E-state index contributed by atoms with van der Waals surface area (Å²) in [6, 6.07) is 20.2. The molecule has 0 bridgehead atoms. The van der Waals surface area contributed by atoms with E-state index in [1.165, 1.54) is 29.2 Å². The molecule has 0 aromatic heterocycles. The molecule has 4 rings (SSSR count). The van der Waals surface area contributed by atoms with Crippen molar-refractivity contribution in [3.63, 3.8) is 0 Å². The molecule has 1 aliphatic heterocycles. The second kappa shape index (κ2) is 9.99. The maximum atomic E-state index is 13.4. The summed E-state index contributed by atoms with van der Waals surface area (Å²) in [4.78, 5) is 41.9. The van der Waals surface area contributed by atoms with E-state index in [2.05, 4.69) is 0 Å². The number of amides is 3. The minimum absolute atomic E-state index is 0.0328. The van der Waals surface area contributed by atoms with Gasteiger partial charge in [0, 0.05) is 11.6 Å². The number of hydrogen-bond acceptors (Lipinski definition) is 5. The average Bonchev–Trinajstić information content (AvgIpc) is 3.12. The smallest absolute Gasteiger partial charge is 0.257 e. The number of primary sulfonamides is 1. The quantitative estimate of drug-likeness (QED) is 0.489. The van der Waals surface area contributed by atoms with Gasteiger partial charge in [-0.05, 0) is 47.5 Å². The van der Waals surface area contributed by atoms with Crippen LogP contribution >= 0.6 is 11.6 Å². The van der Waals surface area contributed by atoms with E-state index in [4.69, 9.17) is 16.7 Å². The number of sulfonamides is 1. The van der Waals surface area contributed by atoms with E-state index in [-0.39, 0.29) is 35.9 Å². The number of imide groups is 1. The molecule has 35 heavy (non-hydrogen) atoms. The molecule has 0 aliphatic carbocycles. The van der Waals surface area contributed by atoms with Crippen molar-refractivity contribution < 1.29 is 22.8 Å². The second-order valence-electron chi connectivity index (χ2n) is 8.14. The van der Waals surface area contributed by atoms with Gasteiger partial charge in [0.25, 0.3) is 5.91 Å². The SMILES string of the molecule is NS(=O)(=O)c1ccc(N2C(=O)CC(N(Cc3ccccc3)C(=O)Cc3ccc(Cl)cc3)C2=O)cc1. The van der Waals surface area contributed by atoms with Crippen molar-refractivity contribution in [1.29, 1.82) is 0 Å². The molecule has 8 nitrogen and oxygen atoms in total. The van der Waals surface area contributed by atoms with Crippen LogP contribution in [0, 0.1) is 0 Å². The predicted octanol–water partition coefficient (Wildman–Crippen LogP) is 2.89. The highest BCUT2D eigenvalue weighted by atomic mass is 35.5. The Morgan fingerprint density at radius 2 is 1.57 bits per heavy atom. The molecule has 0 radical (unpaired) electrons. The Balaban J connectivity index is 1.62. The molecule has 1 atom stereocenters. The first-order valence-electron chi connectivity index (χ1n) is 10.7. The molecule has 3 aromatic rings. The van der Waals surface area contributed by atoms with Crippen LogP contribution < -0.4 is 10.0 Å². The van der Waals surface area contributed by atoms with Crippen LogP contribution in [-0.2, 0) is 37.4 Å². The third-order valence-corrected chi connectivity index (χ3v) is 6.89. The first-order valence-corrected chi connectivity index (χ1v) is 12.6. The van der Waals surface area contributed by atoms with E-state index in [1.807, 2.05) is 30.3 Å². The molecular formula is C25H22ClN3O5S. The zero-order valence-corrected chi connectivity index (χ0v) is 20.1. The average molecular weight is 512 g/mol. The molecule has 1 saturated heterocycles. The molecule has 180 valence electrons. The Bertz CT molecular complexity index is 1360. The Morgan fingerprint density at radius 1 is 0.943 bits per heavy atom. The molecule has 1 heterocycles. The fraction of sp³-hybridized carbons (Fsp3) is 0.160. The van der Waals surface area contributed by atoms with Gasteiger partial charge in [-0.3, -0.25) is 14.4 Å². The summed E-state index contributed by atoms with van der Waals surface area (Å²) in [7, 11) is -3.92. The van der Waals surface area contributed by atoms with Gasteiger partial charge in [0.2, 0.25) is 21.8 Å². The van der Waals surface area contributed by atoms with Crippen LogP contribution in [0.5, 0.6) is 0 Å². The zero-order chi connectivity index (χ0) is 25.2. The van der Waals surface area contributed by atoms with Gasteiger partial charge < -0.3 is 4.90 Å². The Morgan fingerprint density at radius 3 is 2.17 bits per heavy atom. The molecule has 1 unspecified atom stereocenters. The predicted molar refractivity (Wildman–Crippen MR) is 131 cm³/mol.